The van der Waals surface area contributed by atoms with Crippen LogP contribution in [0.15, 0.2) is 35.4 Å². The lowest BCUT2D eigenvalue weighted by Crippen LogP contribution is -2.24. The zero-order chi connectivity index (χ0) is 13.0. The Morgan fingerprint density at radius 1 is 1.39 bits per heavy atom. The molecule has 4 heteroatoms. The Kier molecular flexibility index (Phi) is 4.20. The van der Waals surface area contributed by atoms with Crippen molar-refractivity contribution in [2.45, 2.75) is 18.9 Å². The fourth-order valence-electron chi connectivity index (χ4n) is 1.78. The first kappa shape index (κ1) is 12.9. The Balaban J connectivity index is 2.17. The number of fused-ring (bicyclic) bond motifs is 1. The largest absolute Gasteiger partial charge is 0.356 e. The van der Waals surface area contributed by atoms with Gasteiger partial charge in [-0.05, 0) is 31.5 Å². The first-order valence-electron chi connectivity index (χ1n) is 5.96. The zero-order valence-electron chi connectivity index (χ0n) is 10.6. The average Bonchev–Trinajstić information content (AvgIpc) is 2.37. The number of amides is 1. The number of benzene rings is 1. The highest BCUT2D eigenvalue weighted by molar-refractivity contribution is 7.99. The van der Waals surface area contributed by atoms with Gasteiger partial charge in [-0.25, -0.2) is 4.98 Å². The summed E-state index contributed by atoms with van der Waals surface area (Å²) in [4.78, 5) is 16.0. The van der Waals surface area contributed by atoms with E-state index >= 15 is 0 Å². The van der Waals surface area contributed by atoms with Gasteiger partial charge in [-0.2, -0.15) is 0 Å². The number of rotatable bonds is 4. The van der Waals surface area contributed by atoms with Crippen LogP contribution >= 0.6 is 11.8 Å². The predicted molar refractivity (Wildman–Crippen MR) is 75.9 cm³/mol. The average molecular weight is 260 g/mol. The number of hydrogen-bond acceptors (Lipinski definition) is 3. The van der Waals surface area contributed by atoms with Crippen molar-refractivity contribution >= 4 is 28.6 Å². The second-order valence-corrected chi connectivity index (χ2v) is 5.03. The summed E-state index contributed by atoms with van der Waals surface area (Å²) in [6.45, 7) is 4.66. The van der Waals surface area contributed by atoms with Crippen LogP contribution in [0.25, 0.3) is 10.9 Å². The molecule has 1 heterocycles. The maximum absolute atomic E-state index is 11.4. The van der Waals surface area contributed by atoms with E-state index in [1.54, 1.807) is 0 Å². The molecule has 1 aromatic carbocycles. The minimum atomic E-state index is 0.0510. The highest BCUT2D eigenvalue weighted by Gasteiger charge is 2.05. The first-order valence-corrected chi connectivity index (χ1v) is 6.95. The van der Waals surface area contributed by atoms with Gasteiger partial charge < -0.3 is 5.32 Å². The van der Waals surface area contributed by atoms with Crippen molar-refractivity contribution in [2.75, 3.05) is 12.3 Å². The van der Waals surface area contributed by atoms with Gasteiger partial charge >= 0.3 is 0 Å². The number of thioether (sulfide) groups is 1. The van der Waals surface area contributed by atoms with E-state index in [-0.39, 0.29) is 5.91 Å². The molecular formula is C14H16N2OS. The molecule has 0 saturated heterocycles. The molecule has 18 heavy (non-hydrogen) atoms. The third-order valence-electron chi connectivity index (χ3n) is 2.62. The molecule has 2 aromatic rings. The van der Waals surface area contributed by atoms with Crippen LogP contribution in [0.3, 0.4) is 0 Å². The van der Waals surface area contributed by atoms with E-state index in [1.165, 1.54) is 22.7 Å². The van der Waals surface area contributed by atoms with Crippen LogP contribution in [0.2, 0.25) is 0 Å². The third-order valence-corrected chi connectivity index (χ3v) is 3.54. The Hall–Kier alpha value is -1.55. The van der Waals surface area contributed by atoms with E-state index in [9.17, 15) is 4.79 Å². The van der Waals surface area contributed by atoms with Gasteiger partial charge in [0.15, 0.2) is 0 Å². The number of hydrogen-bond donors (Lipinski definition) is 1. The summed E-state index contributed by atoms with van der Waals surface area (Å²) in [5.41, 5.74) is 2.18. The molecule has 94 valence electrons. The molecule has 0 saturated carbocycles. The van der Waals surface area contributed by atoms with E-state index < -0.39 is 0 Å². The maximum atomic E-state index is 11.4. The molecule has 0 radical (unpaired) electrons. The second kappa shape index (κ2) is 5.87. The van der Waals surface area contributed by atoms with Gasteiger partial charge in [0.25, 0.3) is 0 Å². The first-order chi connectivity index (χ1) is 8.70. The van der Waals surface area contributed by atoms with Crippen LogP contribution in [0, 0.1) is 6.92 Å². The molecule has 0 aliphatic rings. The fraction of sp³-hybridized carbons (Fsp3) is 0.286. The van der Waals surface area contributed by atoms with Crippen molar-refractivity contribution in [2.24, 2.45) is 0 Å². The summed E-state index contributed by atoms with van der Waals surface area (Å²) in [7, 11) is 0. The fourth-order valence-corrected chi connectivity index (χ4v) is 2.58. The Labute approximate surface area is 111 Å². The van der Waals surface area contributed by atoms with E-state index in [0.29, 0.717) is 12.3 Å². The molecule has 0 aliphatic heterocycles. The number of aryl methyl sites for hydroxylation is 1. The van der Waals surface area contributed by atoms with Crippen molar-refractivity contribution in [3.8, 4) is 0 Å². The molecular weight excluding hydrogens is 244 g/mol. The van der Waals surface area contributed by atoms with Gasteiger partial charge in [0.1, 0.15) is 0 Å². The van der Waals surface area contributed by atoms with E-state index in [1.807, 2.05) is 31.2 Å². The third kappa shape index (κ3) is 3.01. The van der Waals surface area contributed by atoms with Crippen molar-refractivity contribution in [1.29, 1.82) is 0 Å². The lowest BCUT2D eigenvalue weighted by atomic mass is 10.1. The molecule has 1 N–H and O–H groups in total. The van der Waals surface area contributed by atoms with Crippen LogP contribution in [-0.2, 0) is 4.79 Å². The van der Waals surface area contributed by atoms with Crippen LogP contribution in [-0.4, -0.2) is 23.2 Å². The summed E-state index contributed by atoms with van der Waals surface area (Å²) in [6, 6.07) is 10.1. The van der Waals surface area contributed by atoms with Crippen molar-refractivity contribution in [3.63, 3.8) is 0 Å². The van der Waals surface area contributed by atoms with Crippen LogP contribution in [0.4, 0.5) is 0 Å². The van der Waals surface area contributed by atoms with E-state index in [0.717, 1.165) is 10.5 Å². The topological polar surface area (TPSA) is 42.0 Å². The zero-order valence-corrected chi connectivity index (χ0v) is 11.4. The summed E-state index contributed by atoms with van der Waals surface area (Å²) >= 11 is 1.47. The lowest BCUT2D eigenvalue weighted by Gasteiger charge is -2.06. The van der Waals surface area contributed by atoms with Crippen molar-refractivity contribution < 1.29 is 4.79 Å². The van der Waals surface area contributed by atoms with Crippen molar-refractivity contribution in [3.05, 3.63) is 35.9 Å². The molecule has 0 bridgehead atoms. The number of aromatic nitrogens is 1. The van der Waals surface area contributed by atoms with Crippen molar-refractivity contribution in [1.82, 2.24) is 10.3 Å². The quantitative estimate of drug-likeness (QED) is 0.859. The number of nitrogens with zero attached hydrogens (tertiary/aromatic N) is 1. The van der Waals surface area contributed by atoms with Gasteiger partial charge in [-0.1, -0.05) is 30.0 Å². The maximum Gasteiger partial charge on any atom is 0.230 e. The highest BCUT2D eigenvalue weighted by atomic mass is 32.2. The summed E-state index contributed by atoms with van der Waals surface area (Å²) in [5.74, 6) is 0.466. The smallest absolute Gasteiger partial charge is 0.230 e. The van der Waals surface area contributed by atoms with Gasteiger partial charge in [0.2, 0.25) is 5.91 Å². The van der Waals surface area contributed by atoms with Crippen LogP contribution in [0.1, 0.15) is 12.5 Å². The minimum Gasteiger partial charge on any atom is -0.356 e. The second-order valence-electron chi connectivity index (χ2n) is 4.04. The van der Waals surface area contributed by atoms with Gasteiger partial charge in [0, 0.05) is 11.9 Å². The number of nitrogens with one attached hydrogen (secondary N) is 1. The molecule has 0 aliphatic carbocycles. The van der Waals surface area contributed by atoms with E-state index in [2.05, 4.69) is 23.3 Å². The van der Waals surface area contributed by atoms with Gasteiger partial charge in [-0.15, -0.1) is 0 Å². The molecule has 1 aromatic heterocycles. The van der Waals surface area contributed by atoms with Crippen LogP contribution < -0.4 is 5.32 Å². The Morgan fingerprint density at radius 2 is 2.17 bits per heavy atom. The number of carbonyl (C=O) groups is 1. The van der Waals surface area contributed by atoms with E-state index in [4.69, 9.17) is 0 Å². The molecule has 0 atom stereocenters. The van der Waals surface area contributed by atoms with Gasteiger partial charge in [-0.3, -0.25) is 4.79 Å². The summed E-state index contributed by atoms with van der Waals surface area (Å²) in [6.07, 6.45) is 0. The highest BCUT2D eigenvalue weighted by Crippen LogP contribution is 2.23. The molecule has 0 spiro atoms. The normalized spacial score (nSPS) is 10.6. The number of carbonyl (C=O) groups excluding carboxylic acids is 1. The Bertz CT molecular complexity index is 569. The number of pyridine rings is 1. The molecule has 0 fully saturated rings. The summed E-state index contributed by atoms with van der Waals surface area (Å²) in [5, 5.41) is 4.85. The minimum absolute atomic E-state index is 0.0510. The van der Waals surface area contributed by atoms with Crippen LogP contribution in [0.5, 0.6) is 0 Å². The lowest BCUT2D eigenvalue weighted by molar-refractivity contribution is -0.118. The monoisotopic (exact) mass is 260 g/mol. The molecule has 1 amide bonds. The number of para-hydroxylation sites is 1. The van der Waals surface area contributed by atoms with Gasteiger partial charge in [0.05, 0.1) is 16.3 Å². The standard InChI is InChI=1S/C14H16N2OS/c1-3-15-13(17)9-18-14-8-10(2)11-6-4-5-7-12(11)16-14/h4-8H,3,9H2,1-2H3,(H,15,17). The SMILES string of the molecule is CCNC(=O)CSc1cc(C)c2ccccc2n1. The Morgan fingerprint density at radius 3 is 2.94 bits per heavy atom. The molecule has 0 unspecified atom stereocenters. The predicted octanol–water partition coefficient (Wildman–Crippen LogP) is 2.77. The molecule has 3 nitrogen and oxygen atoms in total. The summed E-state index contributed by atoms with van der Waals surface area (Å²) < 4.78 is 0. The molecule has 2 rings (SSSR count).